The van der Waals surface area contributed by atoms with Gasteiger partial charge in [0.2, 0.25) is 0 Å². The highest BCUT2D eigenvalue weighted by molar-refractivity contribution is 7.87. The summed E-state index contributed by atoms with van der Waals surface area (Å²) in [5.41, 5.74) is 1.18. The number of nitrogens with zero attached hydrogens (tertiary/aromatic N) is 4. The van der Waals surface area contributed by atoms with E-state index in [9.17, 15) is 8.42 Å². The number of hydrogen-bond donors (Lipinski definition) is 1. The summed E-state index contributed by atoms with van der Waals surface area (Å²) >= 11 is 0. The standard InChI is InChI=1S/C18H25N5O2S/c24-26(25,22-11-5-2-6-12-22)21-16-9-10-17-19-20-18(23(17)14-16)13-15-7-3-1-4-8-15/h1,3-4,7-8,16,21H,2,5-6,9-14H2. The fourth-order valence-electron chi connectivity index (χ4n) is 3.78. The maximum atomic E-state index is 12.7. The lowest BCUT2D eigenvalue weighted by Gasteiger charge is -2.30. The van der Waals surface area contributed by atoms with Crippen LogP contribution in [0, 0.1) is 0 Å². The first-order valence-electron chi connectivity index (χ1n) is 9.34. The van der Waals surface area contributed by atoms with Crippen molar-refractivity contribution in [1.29, 1.82) is 0 Å². The molecule has 0 aliphatic carbocycles. The molecule has 1 aromatic carbocycles. The van der Waals surface area contributed by atoms with E-state index in [1.54, 1.807) is 4.31 Å². The van der Waals surface area contributed by atoms with Crippen LogP contribution >= 0.6 is 0 Å². The minimum atomic E-state index is -3.41. The summed E-state index contributed by atoms with van der Waals surface area (Å²) in [5.74, 6) is 1.84. The highest BCUT2D eigenvalue weighted by Crippen LogP contribution is 2.19. The normalized spacial score (nSPS) is 21.5. The average Bonchev–Trinajstić information content (AvgIpc) is 3.05. The van der Waals surface area contributed by atoms with Gasteiger partial charge in [0.1, 0.15) is 11.6 Å². The first kappa shape index (κ1) is 17.6. The summed E-state index contributed by atoms with van der Waals surface area (Å²) in [6.07, 6.45) is 5.22. The molecule has 2 aliphatic rings. The largest absolute Gasteiger partial charge is 0.313 e. The van der Waals surface area contributed by atoms with Crippen molar-refractivity contribution in [2.45, 2.75) is 51.1 Å². The molecule has 0 spiro atoms. The summed E-state index contributed by atoms with van der Waals surface area (Å²) in [7, 11) is -3.41. The van der Waals surface area contributed by atoms with E-state index < -0.39 is 10.2 Å². The van der Waals surface area contributed by atoms with E-state index in [4.69, 9.17) is 0 Å². The number of nitrogens with one attached hydrogen (secondary N) is 1. The lowest BCUT2D eigenvalue weighted by molar-refractivity contribution is 0.330. The molecule has 1 atom stereocenters. The molecule has 0 saturated carbocycles. The van der Waals surface area contributed by atoms with E-state index in [2.05, 4.69) is 31.6 Å². The predicted octanol–water partition coefficient (Wildman–Crippen LogP) is 1.50. The van der Waals surface area contributed by atoms with Gasteiger partial charge in [-0.15, -0.1) is 10.2 Å². The van der Waals surface area contributed by atoms with Gasteiger partial charge in [-0.05, 0) is 24.8 Å². The van der Waals surface area contributed by atoms with Crippen LogP contribution in [-0.4, -0.2) is 46.6 Å². The maximum absolute atomic E-state index is 12.7. The highest BCUT2D eigenvalue weighted by atomic mass is 32.2. The van der Waals surface area contributed by atoms with E-state index in [-0.39, 0.29) is 6.04 Å². The molecule has 2 aliphatic heterocycles. The first-order chi connectivity index (χ1) is 12.6. The molecule has 2 aromatic rings. The zero-order valence-electron chi connectivity index (χ0n) is 14.8. The Hall–Kier alpha value is -1.77. The Morgan fingerprint density at radius 1 is 1.08 bits per heavy atom. The average molecular weight is 375 g/mol. The van der Waals surface area contributed by atoms with Crippen molar-refractivity contribution in [3.8, 4) is 0 Å². The van der Waals surface area contributed by atoms with E-state index in [0.29, 0.717) is 26.1 Å². The van der Waals surface area contributed by atoms with Crippen LogP contribution in [0.25, 0.3) is 0 Å². The van der Waals surface area contributed by atoms with Crippen molar-refractivity contribution in [1.82, 2.24) is 23.8 Å². The Balaban J connectivity index is 1.46. The molecule has 7 nitrogen and oxygen atoms in total. The van der Waals surface area contributed by atoms with Gasteiger partial charge in [-0.25, -0.2) is 0 Å². The fourth-order valence-corrected chi connectivity index (χ4v) is 5.28. The predicted molar refractivity (Wildman–Crippen MR) is 98.9 cm³/mol. The van der Waals surface area contributed by atoms with Gasteiger partial charge in [-0.2, -0.15) is 17.4 Å². The Labute approximate surface area is 154 Å². The summed E-state index contributed by atoms with van der Waals surface area (Å²) in [6.45, 7) is 1.84. The van der Waals surface area contributed by atoms with Crippen molar-refractivity contribution in [2.24, 2.45) is 0 Å². The molecule has 1 aromatic heterocycles. The second kappa shape index (κ2) is 7.46. The van der Waals surface area contributed by atoms with Gasteiger partial charge in [0.15, 0.2) is 0 Å². The van der Waals surface area contributed by atoms with E-state index in [1.165, 1.54) is 5.56 Å². The summed E-state index contributed by atoms with van der Waals surface area (Å²) in [4.78, 5) is 0. The third kappa shape index (κ3) is 3.82. The quantitative estimate of drug-likeness (QED) is 0.859. The van der Waals surface area contributed by atoms with Crippen LogP contribution in [0.4, 0.5) is 0 Å². The molecule has 4 rings (SSSR count). The van der Waals surface area contributed by atoms with Crippen molar-refractivity contribution >= 4 is 10.2 Å². The second-order valence-corrected chi connectivity index (χ2v) is 8.83. The number of rotatable bonds is 5. The topological polar surface area (TPSA) is 80.1 Å². The highest BCUT2D eigenvalue weighted by Gasteiger charge is 2.30. The Morgan fingerprint density at radius 3 is 2.62 bits per heavy atom. The monoisotopic (exact) mass is 375 g/mol. The van der Waals surface area contributed by atoms with Gasteiger partial charge < -0.3 is 4.57 Å². The molecule has 0 radical (unpaired) electrons. The molecule has 26 heavy (non-hydrogen) atoms. The fraction of sp³-hybridized carbons (Fsp3) is 0.556. The van der Waals surface area contributed by atoms with Crippen LogP contribution in [0.1, 0.15) is 42.9 Å². The van der Waals surface area contributed by atoms with Crippen LogP contribution in [0.5, 0.6) is 0 Å². The zero-order chi connectivity index (χ0) is 18.0. The lowest BCUT2D eigenvalue weighted by atomic mass is 10.1. The second-order valence-electron chi connectivity index (χ2n) is 7.12. The van der Waals surface area contributed by atoms with E-state index in [1.807, 2.05) is 18.2 Å². The number of benzene rings is 1. The molecule has 1 N–H and O–H groups in total. The number of piperidine rings is 1. The molecule has 1 fully saturated rings. The summed E-state index contributed by atoms with van der Waals surface area (Å²) in [5, 5.41) is 8.64. The smallest absolute Gasteiger partial charge is 0.279 e. The Bertz CT molecular complexity index is 844. The van der Waals surface area contributed by atoms with Crippen LogP contribution in [0.15, 0.2) is 30.3 Å². The van der Waals surface area contributed by atoms with E-state index in [0.717, 1.165) is 43.8 Å². The molecule has 3 heterocycles. The van der Waals surface area contributed by atoms with Crippen LogP contribution in [-0.2, 0) is 29.6 Å². The van der Waals surface area contributed by atoms with Gasteiger partial charge in [0.05, 0.1) is 0 Å². The molecule has 0 amide bonds. The minimum absolute atomic E-state index is 0.111. The molecule has 140 valence electrons. The zero-order valence-corrected chi connectivity index (χ0v) is 15.7. The van der Waals surface area contributed by atoms with Crippen LogP contribution in [0.2, 0.25) is 0 Å². The van der Waals surface area contributed by atoms with Crippen molar-refractivity contribution < 1.29 is 8.42 Å². The molecule has 0 bridgehead atoms. The lowest BCUT2D eigenvalue weighted by Crippen LogP contribution is -2.49. The number of hydrogen-bond acceptors (Lipinski definition) is 4. The third-order valence-corrected chi connectivity index (χ3v) is 6.88. The number of fused-ring (bicyclic) bond motifs is 1. The van der Waals surface area contributed by atoms with Crippen molar-refractivity contribution in [3.05, 3.63) is 47.5 Å². The van der Waals surface area contributed by atoms with Gasteiger partial charge in [0.25, 0.3) is 10.2 Å². The van der Waals surface area contributed by atoms with Crippen LogP contribution < -0.4 is 4.72 Å². The summed E-state index contributed by atoms with van der Waals surface area (Å²) in [6, 6.07) is 10.0. The summed E-state index contributed by atoms with van der Waals surface area (Å²) < 4.78 is 31.9. The van der Waals surface area contributed by atoms with Gasteiger partial charge in [0, 0.05) is 38.5 Å². The van der Waals surface area contributed by atoms with Crippen molar-refractivity contribution in [2.75, 3.05) is 13.1 Å². The molecule has 1 unspecified atom stereocenters. The number of aryl methyl sites for hydroxylation is 1. The Morgan fingerprint density at radius 2 is 1.85 bits per heavy atom. The molecular weight excluding hydrogens is 350 g/mol. The molecule has 1 saturated heterocycles. The number of aromatic nitrogens is 3. The molecule has 8 heteroatoms. The maximum Gasteiger partial charge on any atom is 0.279 e. The van der Waals surface area contributed by atoms with Crippen molar-refractivity contribution in [3.63, 3.8) is 0 Å². The molecular formula is C18H25N5O2S. The SMILES string of the molecule is O=S(=O)(NC1CCc2nnc(Cc3ccccc3)n2C1)N1CCCCC1. The van der Waals surface area contributed by atoms with E-state index >= 15 is 0 Å². The Kier molecular flexibility index (Phi) is 5.06. The van der Waals surface area contributed by atoms with Crippen LogP contribution in [0.3, 0.4) is 0 Å². The van der Waals surface area contributed by atoms with Gasteiger partial charge >= 0.3 is 0 Å². The first-order valence-corrected chi connectivity index (χ1v) is 10.8. The van der Waals surface area contributed by atoms with Gasteiger partial charge in [-0.3, -0.25) is 0 Å². The van der Waals surface area contributed by atoms with Gasteiger partial charge in [-0.1, -0.05) is 36.8 Å². The third-order valence-electron chi connectivity index (χ3n) is 5.20. The minimum Gasteiger partial charge on any atom is -0.313 e.